The molecule has 2 aromatic rings. The van der Waals surface area contributed by atoms with Crippen molar-refractivity contribution in [1.82, 2.24) is 0 Å². The Kier molecular flexibility index (Phi) is 11.8. The third-order valence-corrected chi connectivity index (χ3v) is 7.07. The summed E-state index contributed by atoms with van der Waals surface area (Å²) in [6, 6.07) is 12.7. The monoisotopic (exact) mass is 453 g/mol. The Morgan fingerprint density at radius 2 is 1.41 bits per heavy atom. The van der Waals surface area contributed by atoms with Crippen molar-refractivity contribution in [3.63, 3.8) is 0 Å². The average Bonchev–Trinajstić information content (AvgIpc) is 2.80. The summed E-state index contributed by atoms with van der Waals surface area (Å²) in [6.45, 7) is 8.22. The predicted molar refractivity (Wildman–Crippen MR) is 144 cm³/mol. The zero-order chi connectivity index (χ0) is 23.3. The van der Waals surface area contributed by atoms with E-state index in [1.54, 1.807) is 0 Å². The molecule has 0 saturated heterocycles. The summed E-state index contributed by atoms with van der Waals surface area (Å²) < 4.78 is 0. The molecule has 32 heavy (non-hydrogen) atoms. The Morgan fingerprint density at radius 1 is 0.844 bits per heavy atom. The molecule has 0 spiro atoms. The molecule has 0 amide bonds. The van der Waals surface area contributed by atoms with Crippen LogP contribution in [0.5, 0.6) is 5.75 Å². The minimum atomic E-state index is 0.217. The quantitative estimate of drug-likeness (QED) is 0.170. The number of nitrogens with one attached hydrogen (secondary N) is 1. The maximum atomic E-state index is 10.2. The number of aryl methyl sites for hydroxylation is 1. The van der Waals surface area contributed by atoms with Crippen LogP contribution in [0.25, 0.3) is 0 Å². The molecule has 0 fully saturated rings. The fourth-order valence-corrected chi connectivity index (χ4v) is 4.75. The normalized spacial score (nSPS) is 12.0. The summed E-state index contributed by atoms with van der Waals surface area (Å²) in [5, 5.41) is 13.8. The van der Waals surface area contributed by atoms with E-state index in [-0.39, 0.29) is 5.92 Å². The lowest BCUT2D eigenvalue weighted by Crippen LogP contribution is -2.20. The smallest absolute Gasteiger partial charge is 0.121 e. The minimum absolute atomic E-state index is 0.217. The Morgan fingerprint density at radius 3 is 2.00 bits per heavy atom. The SMILES string of the molecule is CCCCCCCCCCCCC(C(=S)Nc1cc(C)c(O)c(C)c1C)c1ccccc1. The lowest BCUT2D eigenvalue weighted by atomic mass is 9.92. The van der Waals surface area contributed by atoms with Gasteiger partial charge in [0.15, 0.2) is 0 Å². The maximum Gasteiger partial charge on any atom is 0.121 e. The molecule has 0 aliphatic rings. The molecule has 0 saturated carbocycles. The molecule has 1 unspecified atom stereocenters. The van der Waals surface area contributed by atoms with Gasteiger partial charge in [-0.1, -0.05) is 114 Å². The second-order valence-corrected chi connectivity index (χ2v) is 9.70. The highest BCUT2D eigenvalue weighted by Gasteiger charge is 2.18. The van der Waals surface area contributed by atoms with Crippen molar-refractivity contribution < 1.29 is 5.11 Å². The fourth-order valence-electron chi connectivity index (χ4n) is 4.39. The third-order valence-electron chi connectivity index (χ3n) is 6.68. The van der Waals surface area contributed by atoms with Gasteiger partial charge in [-0.05, 0) is 55.5 Å². The van der Waals surface area contributed by atoms with Crippen LogP contribution >= 0.6 is 12.2 Å². The zero-order valence-electron chi connectivity index (χ0n) is 20.7. The molecule has 0 bridgehead atoms. The summed E-state index contributed by atoms with van der Waals surface area (Å²) in [7, 11) is 0. The van der Waals surface area contributed by atoms with Crippen molar-refractivity contribution in [2.45, 2.75) is 104 Å². The van der Waals surface area contributed by atoms with E-state index in [9.17, 15) is 5.11 Å². The lowest BCUT2D eigenvalue weighted by Gasteiger charge is -2.22. The highest BCUT2D eigenvalue weighted by atomic mass is 32.1. The highest BCUT2D eigenvalue weighted by Crippen LogP contribution is 2.32. The Labute approximate surface area is 201 Å². The second kappa shape index (κ2) is 14.3. The molecule has 2 nitrogen and oxygen atoms in total. The standard InChI is InChI=1S/C29H43NOS/c1-5-6-7-8-9-10-11-12-13-17-20-26(25-18-15-14-16-19-25)29(32)30-27-21-22(2)28(31)24(4)23(27)3/h14-16,18-19,21,26,31H,5-13,17,20H2,1-4H3,(H,30,32). The number of thiocarbonyl (C=S) groups is 1. The molecule has 1 atom stereocenters. The lowest BCUT2D eigenvalue weighted by molar-refractivity contribution is 0.466. The number of aromatic hydroxyl groups is 1. The Bertz CT molecular complexity index is 831. The fraction of sp³-hybridized carbons (Fsp3) is 0.552. The van der Waals surface area contributed by atoms with E-state index in [4.69, 9.17) is 12.2 Å². The van der Waals surface area contributed by atoms with Gasteiger partial charge in [-0.2, -0.15) is 0 Å². The topological polar surface area (TPSA) is 32.3 Å². The summed E-state index contributed by atoms with van der Waals surface area (Å²) in [5.74, 6) is 0.595. The first-order chi connectivity index (χ1) is 15.5. The summed E-state index contributed by atoms with van der Waals surface area (Å²) >= 11 is 5.91. The van der Waals surface area contributed by atoms with Crippen molar-refractivity contribution in [1.29, 1.82) is 0 Å². The van der Waals surface area contributed by atoms with Gasteiger partial charge in [0.1, 0.15) is 5.75 Å². The van der Waals surface area contributed by atoms with E-state index < -0.39 is 0 Å². The number of hydrogen-bond acceptors (Lipinski definition) is 2. The van der Waals surface area contributed by atoms with E-state index in [0.717, 1.165) is 33.8 Å². The molecule has 0 heterocycles. The van der Waals surface area contributed by atoms with E-state index in [1.165, 1.54) is 69.8 Å². The van der Waals surface area contributed by atoms with Crippen LogP contribution in [0.2, 0.25) is 0 Å². The molecule has 0 aromatic heterocycles. The predicted octanol–water partition coefficient (Wildman–Crippen LogP) is 9.15. The van der Waals surface area contributed by atoms with Crippen LogP contribution in [0.3, 0.4) is 0 Å². The highest BCUT2D eigenvalue weighted by molar-refractivity contribution is 7.80. The van der Waals surface area contributed by atoms with Crippen molar-refractivity contribution >= 4 is 22.9 Å². The van der Waals surface area contributed by atoms with Crippen molar-refractivity contribution in [2.75, 3.05) is 5.32 Å². The molecule has 0 aliphatic heterocycles. The second-order valence-electron chi connectivity index (χ2n) is 9.26. The summed E-state index contributed by atoms with van der Waals surface area (Å²) in [4.78, 5) is 0.875. The van der Waals surface area contributed by atoms with Crippen LogP contribution in [0.4, 0.5) is 5.69 Å². The number of anilines is 1. The molecule has 2 N–H and O–H groups in total. The van der Waals surface area contributed by atoms with Gasteiger partial charge < -0.3 is 10.4 Å². The molecule has 3 heteroatoms. The van der Waals surface area contributed by atoms with Crippen LogP contribution in [-0.4, -0.2) is 10.1 Å². The Balaban J connectivity index is 1.91. The van der Waals surface area contributed by atoms with Crippen LogP contribution in [0, 0.1) is 20.8 Å². The van der Waals surface area contributed by atoms with Crippen molar-refractivity contribution in [3.8, 4) is 5.75 Å². The van der Waals surface area contributed by atoms with E-state index >= 15 is 0 Å². The van der Waals surface area contributed by atoms with Gasteiger partial charge in [0.05, 0.1) is 4.99 Å². The van der Waals surface area contributed by atoms with E-state index in [0.29, 0.717) is 5.75 Å². The summed E-state index contributed by atoms with van der Waals surface area (Å²) in [5.41, 5.74) is 5.14. The summed E-state index contributed by atoms with van der Waals surface area (Å²) in [6.07, 6.45) is 14.5. The van der Waals surface area contributed by atoms with Gasteiger partial charge >= 0.3 is 0 Å². The number of unbranched alkanes of at least 4 members (excludes halogenated alkanes) is 9. The maximum absolute atomic E-state index is 10.2. The van der Waals surface area contributed by atoms with E-state index in [1.807, 2.05) is 26.8 Å². The molecular weight excluding hydrogens is 410 g/mol. The molecular formula is C29H43NOS. The average molecular weight is 454 g/mol. The van der Waals surface area contributed by atoms with Gasteiger partial charge in [-0.3, -0.25) is 0 Å². The largest absolute Gasteiger partial charge is 0.507 e. The first-order valence-electron chi connectivity index (χ1n) is 12.6. The number of rotatable bonds is 14. The van der Waals surface area contributed by atoms with Crippen LogP contribution in [-0.2, 0) is 0 Å². The molecule has 0 aliphatic carbocycles. The minimum Gasteiger partial charge on any atom is -0.507 e. The molecule has 0 radical (unpaired) electrons. The number of hydrogen-bond donors (Lipinski definition) is 2. The van der Waals surface area contributed by atoms with Gasteiger partial charge in [0, 0.05) is 11.6 Å². The van der Waals surface area contributed by atoms with Crippen LogP contribution in [0.15, 0.2) is 36.4 Å². The van der Waals surface area contributed by atoms with Crippen molar-refractivity contribution in [2.24, 2.45) is 0 Å². The molecule has 176 valence electrons. The van der Waals surface area contributed by atoms with Crippen LogP contribution in [0.1, 0.15) is 106 Å². The van der Waals surface area contributed by atoms with Crippen molar-refractivity contribution in [3.05, 3.63) is 58.7 Å². The van der Waals surface area contributed by atoms with E-state index in [2.05, 4.69) is 42.6 Å². The molecule has 2 aromatic carbocycles. The van der Waals surface area contributed by atoms with Gasteiger partial charge in [0.2, 0.25) is 0 Å². The first-order valence-corrected chi connectivity index (χ1v) is 13.0. The van der Waals surface area contributed by atoms with Gasteiger partial charge in [-0.15, -0.1) is 0 Å². The van der Waals surface area contributed by atoms with Gasteiger partial charge in [-0.25, -0.2) is 0 Å². The number of phenols is 1. The number of phenolic OH excluding ortho intramolecular Hbond substituents is 1. The van der Waals surface area contributed by atoms with Gasteiger partial charge in [0.25, 0.3) is 0 Å². The Hall–Kier alpha value is -1.87. The third kappa shape index (κ3) is 8.24. The molecule has 2 rings (SSSR count). The number of benzene rings is 2. The zero-order valence-corrected chi connectivity index (χ0v) is 21.5. The van der Waals surface area contributed by atoms with Crippen LogP contribution < -0.4 is 5.32 Å². The first kappa shape index (κ1) is 26.4.